The van der Waals surface area contributed by atoms with E-state index in [1.807, 2.05) is 22.7 Å². The second-order valence-corrected chi connectivity index (χ2v) is 13.2. The summed E-state index contributed by atoms with van der Waals surface area (Å²) in [5, 5.41) is 7.17. The maximum absolute atomic E-state index is 2.69. The van der Waals surface area contributed by atoms with Gasteiger partial charge < -0.3 is 4.57 Å². The van der Waals surface area contributed by atoms with Crippen molar-refractivity contribution in [2.24, 2.45) is 5.92 Å². The van der Waals surface area contributed by atoms with Crippen LogP contribution in [-0.2, 0) is 6.54 Å². The van der Waals surface area contributed by atoms with Crippen LogP contribution in [0.15, 0.2) is 71.4 Å². The third-order valence-corrected chi connectivity index (χ3v) is 10.2. The Kier molecular flexibility index (Phi) is 10.3. The molecule has 206 valence electrons. The van der Waals surface area contributed by atoms with Crippen LogP contribution < -0.4 is 0 Å². The molecule has 39 heavy (non-hydrogen) atoms. The van der Waals surface area contributed by atoms with Crippen molar-refractivity contribution in [2.45, 2.75) is 97.4 Å². The summed E-state index contributed by atoms with van der Waals surface area (Å²) in [5.41, 5.74) is 5.49. The fourth-order valence-corrected chi connectivity index (χ4v) is 7.59. The normalized spacial score (nSPS) is 12.6. The Morgan fingerprint density at radius 3 is 1.56 bits per heavy atom. The predicted molar refractivity (Wildman–Crippen MR) is 176 cm³/mol. The number of rotatable bonds is 16. The highest BCUT2D eigenvalue weighted by Crippen LogP contribution is 2.37. The molecule has 0 N–H and O–H groups in total. The number of unbranched alkanes of at least 4 members (excludes halogenated alkanes) is 8. The maximum atomic E-state index is 2.69. The van der Waals surface area contributed by atoms with Crippen LogP contribution in [0.25, 0.3) is 42.7 Å². The number of aromatic nitrogens is 1. The lowest BCUT2D eigenvalue weighted by molar-refractivity contribution is 0.365. The first-order chi connectivity index (χ1) is 19.3. The van der Waals surface area contributed by atoms with Crippen LogP contribution in [0.1, 0.15) is 90.9 Å². The molecule has 0 spiro atoms. The van der Waals surface area contributed by atoms with Gasteiger partial charge >= 0.3 is 0 Å². The lowest BCUT2D eigenvalue weighted by Gasteiger charge is -2.20. The Labute approximate surface area is 243 Å². The molecule has 5 rings (SSSR count). The zero-order chi connectivity index (χ0) is 26.9. The van der Waals surface area contributed by atoms with Gasteiger partial charge in [-0.2, -0.15) is 0 Å². The lowest BCUT2D eigenvalue weighted by atomic mass is 9.94. The molecule has 0 bridgehead atoms. The molecule has 3 heteroatoms. The molecule has 0 saturated carbocycles. The molecular weight excluding hydrogens is 511 g/mol. The van der Waals surface area contributed by atoms with Crippen LogP contribution in [0.3, 0.4) is 0 Å². The smallest absolute Gasteiger partial charge is 0.0497 e. The van der Waals surface area contributed by atoms with E-state index in [0.29, 0.717) is 0 Å². The second kappa shape index (κ2) is 14.3. The van der Waals surface area contributed by atoms with Crippen LogP contribution in [-0.4, -0.2) is 4.57 Å². The number of hydrogen-bond donors (Lipinski definition) is 0. The van der Waals surface area contributed by atoms with E-state index in [0.717, 1.165) is 12.5 Å². The van der Waals surface area contributed by atoms with Crippen LogP contribution in [0.2, 0.25) is 0 Å². The highest BCUT2D eigenvalue weighted by atomic mass is 32.1. The lowest BCUT2D eigenvalue weighted by Crippen LogP contribution is -2.11. The number of thiophene rings is 2. The molecule has 0 radical (unpaired) electrons. The number of hydrogen-bond acceptors (Lipinski definition) is 2. The largest absolute Gasteiger partial charge is 0.340 e. The summed E-state index contributed by atoms with van der Waals surface area (Å²) in [6.07, 6.45) is 16.4. The predicted octanol–water partition coefficient (Wildman–Crippen LogP) is 12.6. The highest BCUT2D eigenvalue weighted by molar-refractivity contribution is 7.13. The molecule has 0 fully saturated rings. The molecule has 0 aliphatic carbocycles. The quantitative estimate of drug-likeness (QED) is 0.107. The monoisotopic (exact) mass is 555 g/mol. The molecule has 1 unspecified atom stereocenters. The van der Waals surface area contributed by atoms with Crippen LogP contribution in [0.5, 0.6) is 0 Å². The van der Waals surface area contributed by atoms with Crippen molar-refractivity contribution < 1.29 is 0 Å². The highest BCUT2D eigenvalue weighted by Gasteiger charge is 2.17. The Morgan fingerprint density at radius 2 is 1.08 bits per heavy atom. The third kappa shape index (κ3) is 7.05. The molecule has 0 saturated heterocycles. The van der Waals surface area contributed by atoms with E-state index in [9.17, 15) is 0 Å². The van der Waals surface area contributed by atoms with E-state index < -0.39 is 0 Å². The summed E-state index contributed by atoms with van der Waals surface area (Å²) in [7, 11) is 0. The van der Waals surface area contributed by atoms with Gasteiger partial charge in [-0.1, -0.05) is 114 Å². The Balaban J connectivity index is 1.49. The maximum Gasteiger partial charge on any atom is 0.0497 e. The fraction of sp³-hybridized carbons (Fsp3) is 0.444. The Morgan fingerprint density at radius 1 is 0.590 bits per heavy atom. The third-order valence-electron chi connectivity index (χ3n) is 8.35. The minimum Gasteiger partial charge on any atom is -0.340 e. The van der Waals surface area contributed by atoms with E-state index in [2.05, 4.69) is 89.8 Å². The van der Waals surface area contributed by atoms with Crippen molar-refractivity contribution in [1.29, 1.82) is 0 Å². The molecule has 1 atom stereocenters. The van der Waals surface area contributed by atoms with Crippen molar-refractivity contribution in [3.05, 3.63) is 71.4 Å². The first kappa shape index (κ1) is 28.2. The van der Waals surface area contributed by atoms with Gasteiger partial charge in [-0.05, 0) is 64.9 Å². The summed E-state index contributed by atoms with van der Waals surface area (Å²) in [6.45, 7) is 5.76. The second-order valence-electron chi connectivity index (χ2n) is 11.3. The molecule has 2 aromatic carbocycles. The van der Waals surface area contributed by atoms with E-state index in [4.69, 9.17) is 0 Å². The molecule has 0 aliphatic heterocycles. The van der Waals surface area contributed by atoms with Gasteiger partial charge in [-0.25, -0.2) is 0 Å². The average molecular weight is 556 g/mol. The molecule has 0 amide bonds. The molecule has 0 aliphatic rings. The number of nitrogens with zero attached hydrogens (tertiary/aromatic N) is 1. The van der Waals surface area contributed by atoms with Gasteiger partial charge in [0.1, 0.15) is 0 Å². The van der Waals surface area contributed by atoms with Gasteiger partial charge in [0.15, 0.2) is 0 Å². The molecule has 5 aromatic rings. The first-order valence-corrected chi connectivity index (χ1v) is 17.2. The van der Waals surface area contributed by atoms with E-state index in [-0.39, 0.29) is 0 Å². The Hall–Kier alpha value is -2.36. The topological polar surface area (TPSA) is 4.93 Å². The number of benzene rings is 2. The zero-order valence-electron chi connectivity index (χ0n) is 24.0. The molecule has 1 nitrogen and oxygen atoms in total. The van der Waals surface area contributed by atoms with Crippen LogP contribution in [0, 0.1) is 5.92 Å². The molecular formula is C36H45NS2. The molecule has 3 heterocycles. The minimum atomic E-state index is 0.739. The van der Waals surface area contributed by atoms with Crippen molar-refractivity contribution in [3.63, 3.8) is 0 Å². The van der Waals surface area contributed by atoms with Gasteiger partial charge in [-0.3, -0.25) is 0 Å². The summed E-state index contributed by atoms with van der Waals surface area (Å²) >= 11 is 3.68. The van der Waals surface area contributed by atoms with Gasteiger partial charge in [0.2, 0.25) is 0 Å². The van der Waals surface area contributed by atoms with Crippen LogP contribution >= 0.6 is 22.7 Å². The zero-order valence-corrected chi connectivity index (χ0v) is 25.6. The summed E-state index contributed by atoms with van der Waals surface area (Å²) in [4.78, 5) is 2.72. The molecule has 3 aromatic heterocycles. The van der Waals surface area contributed by atoms with Crippen molar-refractivity contribution in [1.82, 2.24) is 4.57 Å². The summed E-state index contributed by atoms with van der Waals surface area (Å²) < 4.78 is 2.69. The fourth-order valence-electron chi connectivity index (χ4n) is 6.14. The van der Waals surface area contributed by atoms with Gasteiger partial charge in [0.25, 0.3) is 0 Å². The summed E-state index contributed by atoms with van der Waals surface area (Å²) in [5.74, 6) is 0.739. The van der Waals surface area contributed by atoms with Gasteiger partial charge in [-0.15, -0.1) is 22.7 Å². The SMILES string of the molecule is CCCCCCCCC(CCCCCC)Cn1c2cc(-c3cccs3)ccc2c2ccc(-c3cccs3)cc21. The first-order valence-electron chi connectivity index (χ1n) is 15.4. The van der Waals surface area contributed by atoms with Gasteiger partial charge in [0.05, 0.1) is 0 Å². The summed E-state index contributed by atoms with van der Waals surface area (Å²) in [6, 6.07) is 23.2. The average Bonchev–Trinajstić information content (AvgIpc) is 3.74. The standard InChI is InChI=1S/C36H45NS2/c1-3-5-7-9-10-12-16-28(15-11-8-6-4-2)27-37-33-25-29(35-17-13-23-38-35)19-21-31(33)32-22-20-30(26-34(32)37)36-18-14-24-39-36/h13-14,17-26,28H,3-12,15-16,27H2,1-2H3. The van der Waals surface area contributed by atoms with Gasteiger partial charge in [0, 0.05) is 38.1 Å². The van der Waals surface area contributed by atoms with Crippen molar-refractivity contribution in [2.75, 3.05) is 0 Å². The van der Waals surface area contributed by atoms with E-state index in [1.54, 1.807) is 0 Å². The van der Waals surface area contributed by atoms with E-state index >= 15 is 0 Å². The van der Waals surface area contributed by atoms with Crippen molar-refractivity contribution >= 4 is 44.5 Å². The van der Waals surface area contributed by atoms with Crippen molar-refractivity contribution in [3.8, 4) is 20.9 Å². The van der Waals surface area contributed by atoms with Crippen LogP contribution in [0.4, 0.5) is 0 Å². The number of fused-ring (bicyclic) bond motifs is 3. The van der Waals surface area contributed by atoms with E-state index in [1.165, 1.54) is 120 Å². The minimum absolute atomic E-state index is 0.739. The Bertz CT molecular complexity index is 1320.